The van der Waals surface area contributed by atoms with Crippen molar-refractivity contribution in [2.75, 3.05) is 10.6 Å². The number of nitrogens with zero attached hydrogens (tertiary/aromatic N) is 11. The minimum Gasteiger partial charge on any atom is -0.329 e. The molecule has 10 rings (SSSR count). The molecule has 0 aliphatic heterocycles. The van der Waals surface area contributed by atoms with E-state index in [1.54, 1.807) is 23.9 Å². The number of Topliss-reactive ketones (excluding diaryl/α,β-unsaturated/α-hetero) is 1. The number of imidazole rings is 1. The number of rotatable bonds is 12. The molecule has 0 amide bonds. The zero-order chi connectivity index (χ0) is 45.0. The van der Waals surface area contributed by atoms with Crippen LogP contribution in [0.25, 0.3) is 11.0 Å². The number of fused-ring (bicyclic) bond motifs is 1. The van der Waals surface area contributed by atoms with E-state index >= 15 is 0 Å². The molecule has 0 fully saturated rings. The number of thiazole rings is 1. The molecule has 1 atom stereocenters. The van der Waals surface area contributed by atoms with Gasteiger partial charge in [0.1, 0.15) is 17.9 Å². The van der Waals surface area contributed by atoms with Gasteiger partial charge in [-0.15, -0.1) is 21.5 Å². The molecular weight excluding hydrogens is 895 g/mol. The summed E-state index contributed by atoms with van der Waals surface area (Å²) in [5.74, 6) is 0.998. The summed E-state index contributed by atoms with van der Waals surface area (Å²) in [5, 5.41) is 22.0. The van der Waals surface area contributed by atoms with Crippen molar-refractivity contribution in [3.05, 3.63) is 194 Å². The van der Waals surface area contributed by atoms with Gasteiger partial charge in [-0.1, -0.05) is 120 Å². The van der Waals surface area contributed by atoms with Gasteiger partial charge in [0.2, 0.25) is 22.0 Å². The summed E-state index contributed by atoms with van der Waals surface area (Å²) >= 11 is 5.79. The Labute approximate surface area is 389 Å². The topological polar surface area (TPSA) is 176 Å². The van der Waals surface area contributed by atoms with Crippen molar-refractivity contribution in [1.82, 2.24) is 53.9 Å². The molecule has 0 saturated carbocycles. The maximum atomic E-state index is 12.9. The van der Waals surface area contributed by atoms with E-state index < -0.39 is 0 Å². The van der Waals surface area contributed by atoms with Crippen LogP contribution in [0.3, 0.4) is 0 Å². The second kappa shape index (κ2) is 21.4. The Morgan fingerprint density at radius 2 is 1.38 bits per heavy atom. The van der Waals surface area contributed by atoms with Crippen molar-refractivity contribution >= 4 is 86.3 Å². The first-order chi connectivity index (χ1) is 31.8. The lowest BCUT2D eigenvalue weighted by atomic mass is 10.0. The average Bonchev–Trinajstić information content (AvgIpc) is 4.19. The van der Waals surface area contributed by atoms with Crippen LogP contribution in [0.15, 0.2) is 178 Å². The molecule has 324 valence electrons. The van der Waals surface area contributed by atoms with Crippen LogP contribution in [0, 0.1) is 6.92 Å². The van der Waals surface area contributed by atoms with Crippen molar-refractivity contribution < 1.29 is 4.79 Å². The van der Waals surface area contributed by atoms with E-state index in [-0.39, 0.29) is 16.6 Å². The summed E-state index contributed by atoms with van der Waals surface area (Å²) in [4.78, 5) is 48.4. The molecule has 6 aromatic heterocycles. The van der Waals surface area contributed by atoms with Crippen LogP contribution in [-0.2, 0) is 14.1 Å². The number of nitrogens with one attached hydrogen (secondary N) is 2. The highest BCUT2D eigenvalue weighted by atomic mass is 32.2. The first-order valence-electron chi connectivity index (χ1n) is 19.9. The van der Waals surface area contributed by atoms with Crippen molar-refractivity contribution in [1.29, 1.82) is 0 Å². The minimum absolute atomic E-state index is 0.0693. The molecule has 1 unspecified atom stereocenters. The zero-order valence-corrected chi connectivity index (χ0v) is 38.3. The number of para-hydroxylation sites is 2. The predicted molar refractivity (Wildman–Crippen MR) is 258 cm³/mol. The first kappa shape index (κ1) is 44.3. The minimum atomic E-state index is -0.341. The molecule has 65 heavy (non-hydrogen) atoms. The highest BCUT2D eigenvalue weighted by Gasteiger charge is 2.25. The monoisotopic (exact) mass is 933 g/mol. The average molecular weight is 934 g/mol. The van der Waals surface area contributed by atoms with E-state index in [1.807, 2.05) is 175 Å². The number of benzene rings is 4. The maximum absolute atomic E-state index is 12.9. The molecule has 15 nitrogen and oxygen atoms in total. The number of thioether (sulfide) groups is 1. The zero-order valence-electron chi connectivity index (χ0n) is 35.0. The van der Waals surface area contributed by atoms with Crippen molar-refractivity contribution in [2.45, 2.75) is 27.6 Å². The fourth-order valence-electron chi connectivity index (χ4n) is 5.92. The van der Waals surface area contributed by atoms with Gasteiger partial charge in [0, 0.05) is 48.3 Å². The van der Waals surface area contributed by atoms with Crippen LogP contribution in [0.5, 0.6) is 0 Å². The fourth-order valence-corrected chi connectivity index (χ4v) is 9.51. The third kappa shape index (κ3) is 11.6. The fraction of sp³-hybridized carbons (Fsp3) is 0.0870. The molecule has 0 radical (unpaired) electrons. The smallest absolute Gasteiger partial charge is 0.291 e. The second-order valence-corrected chi connectivity index (χ2v) is 17.8. The Hall–Kier alpha value is -7.32. The number of ketones is 1. The quantitative estimate of drug-likeness (QED) is 0.0878. The number of carbonyl (C=O) groups excluding carboxylic acids is 1. The van der Waals surface area contributed by atoms with Gasteiger partial charge in [0.25, 0.3) is 5.56 Å². The van der Waals surface area contributed by atoms with E-state index in [1.165, 1.54) is 51.3 Å². The van der Waals surface area contributed by atoms with Crippen LogP contribution in [0.4, 0.5) is 23.3 Å². The Morgan fingerprint density at radius 1 is 0.754 bits per heavy atom. The van der Waals surface area contributed by atoms with Crippen LogP contribution < -0.4 is 20.7 Å². The molecule has 0 aliphatic rings. The van der Waals surface area contributed by atoms with E-state index in [2.05, 4.69) is 50.8 Å². The third-order valence-corrected chi connectivity index (χ3v) is 13.4. The Balaban J connectivity index is 0.000000137. The number of anilines is 4. The lowest BCUT2D eigenvalue weighted by molar-refractivity contribution is 0.0989. The molecule has 10 aromatic rings. The molecular formula is C46H39N13O2S4. The van der Waals surface area contributed by atoms with Gasteiger partial charge in [0.15, 0.2) is 16.1 Å². The van der Waals surface area contributed by atoms with Gasteiger partial charge in [-0.05, 0) is 71.6 Å². The van der Waals surface area contributed by atoms with E-state index in [0.717, 1.165) is 32.1 Å². The van der Waals surface area contributed by atoms with Gasteiger partial charge < -0.3 is 19.8 Å². The lowest BCUT2D eigenvalue weighted by Crippen LogP contribution is -2.23. The molecule has 0 aliphatic carbocycles. The molecule has 0 bridgehead atoms. The van der Waals surface area contributed by atoms with E-state index in [0.29, 0.717) is 32.1 Å². The van der Waals surface area contributed by atoms with Gasteiger partial charge >= 0.3 is 0 Å². The standard InChI is InChI=1S/C19H17N7S.C17H15N3OS.C10H7N3OS2/c1-26-13-12-20-19(26)27-18-24-16(21-14-8-4-2-5-9-14)23-17(25-18)22-15-10-6-3-7-11-15;1-20-12-18-19-17(20)22-16(14-10-6-3-7-11-14)15(21)13-8-4-2-5-9-13;1-6-2-3-15-7(6)4-8-9(14)13-10(16-8)11-5-12-13/h2-13H,1H3,(H2,21,22,23,24,25);2-12,16H,1H3;2-5H,1H3/b;;8-4-. The second-order valence-electron chi connectivity index (χ2n) is 13.9. The van der Waals surface area contributed by atoms with Crippen LogP contribution in [0.2, 0.25) is 0 Å². The van der Waals surface area contributed by atoms with Gasteiger partial charge in [-0.25, -0.2) is 9.97 Å². The SMILES string of the molecule is Cc1ccsc1/C=c1\sc2ncnn2c1=O.Cn1ccnc1Sc1nc(Nc2ccccc2)nc(Nc2ccccc2)n1.Cn1cnnc1SC(C(=O)c1ccccc1)c1ccccc1. The molecule has 4 aromatic carbocycles. The van der Waals surface area contributed by atoms with E-state index in [4.69, 9.17) is 0 Å². The van der Waals surface area contributed by atoms with E-state index in [9.17, 15) is 9.59 Å². The summed E-state index contributed by atoms with van der Waals surface area (Å²) < 4.78 is 5.75. The number of carbonyl (C=O) groups is 1. The molecule has 6 heterocycles. The molecule has 2 N–H and O–H groups in total. The van der Waals surface area contributed by atoms with Gasteiger partial charge in [0.05, 0.1) is 4.53 Å². The highest BCUT2D eigenvalue weighted by Crippen LogP contribution is 2.36. The normalized spacial score (nSPS) is 11.6. The summed E-state index contributed by atoms with van der Waals surface area (Å²) in [6.07, 6.45) is 8.57. The molecule has 0 spiro atoms. The first-order valence-corrected chi connectivity index (χ1v) is 23.2. The number of thiophene rings is 1. The largest absolute Gasteiger partial charge is 0.329 e. The van der Waals surface area contributed by atoms with Crippen LogP contribution >= 0.6 is 46.2 Å². The Bertz CT molecular complexity index is 3150. The highest BCUT2D eigenvalue weighted by molar-refractivity contribution is 8.00. The summed E-state index contributed by atoms with van der Waals surface area (Å²) in [7, 11) is 3.81. The van der Waals surface area contributed by atoms with Crippen LogP contribution in [0.1, 0.15) is 31.6 Å². The third-order valence-electron chi connectivity index (χ3n) is 9.21. The molecule has 0 saturated heterocycles. The van der Waals surface area contributed by atoms with Crippen molar-refractivity contribution in [3.63, 3.8) is 0 Å². The van der Waals surface area contributed by atoms with Crippen molar-refractivity contribution in [2.24, 2.45) is 14.1 Å². The summed E-state index contributed by atoms with van der Waals surface area (Å²) in [6.45, 7) is 2.03. The summed E-state index contributed by atoms with van der Waals surface area (Å²) in [5.41, 5.74) is 4.56. The molecule has 19 heteroatoms. The van der Waals surface area contributed by atoms with Gasteiger partial charge in [-0.2, -0.15) is 24.6 Å². The summed E-state index contributed by atoms with van der Waals surface area (Å²) in [6, 6.07) is 40.7. The van der Waals surface area contributed by atoms with Gasteiger partial charge in [-0.3, -0.25) is 9.59 Å². The van der Waals surface area contributed by atoms with Crippen LogP contribution in [-0.4, -0.2) is 59.6 Å². The number of aromatic nitrogens is 11. The number of hydrogen-bond acceptors (Lipinski definition) is 16. The lowest BCUT2D eigenvalue weighted by Gasteiger charge is -2.15. The Kier molecular flexibility index (Phi) is 14.6. The Morgan fingerprint density at radius 3 is 1.94 bits per heavy atom. The number of aryl methyl sites for hydroxylation is 3. The maximum Gasteiger partial charge on any atom is 0.291 e. The predicted octanol–water partition coefficient (Wildman–Crippen LogP) is 8.84. The number of hydrogen-bond donors (Lipinski definition) is 2. The van der Waals surface area contributed by atoms with Crippen molar-refractivity contribution in [3.8, 4) is 0 Å².